The quantitative estimate of drug-likeness (QED) is 0.506. The van der Waals surface area contributed by atoms with Crippen molar-refractivity contribution < 1.29 is 18.0 Å². The lowest BCUT2D eigenvalue weighted by molar-refractivity contribution is -0.115. The van der Waals surface area contributed by atoms with Gasteiger partial charge in [0.15, 0.2) is 0 Å². The molecule has 3 aromatic rings. The second kappa shape index (κ2) is 9.97. The first-order chi connectivity index (χ1) is 16.3. The number of sulfonamides is 1. The van der Waals surface area contributed by atoms with Gasteiger partial charge in [0.1, 0.15) is 0 Å². The molecule has 9 heteroatoms. The van der Waals surface area contributed by atoms with Crippen molar-refractivity contribution in [3.05, 3.63) is 88.4 Å². The summed E-state index contributed by atoms with van der Waals surface area (Å²) in [6, 6.07) is 18.4. The van der Waals surface area contributed by atoms with Crippen LogP contribution in [0.25, 0.3) is 0 Å². The molecule has 3 aromatic carbocycles. The van der Waals surface area contributed by atoms with Crippen LogP contribution in [-0.4, -0.2) is 26.8 Å². The Kier molecular flexibility index (Phi) is 7.02. The van der Waals surface area contributed by atoms with Crippen LogP contribution in [0.4, 0.5) is 11.4 Å². The Balaban J connectivity index is 1.46. The molecule has 0 bridgehead atoms. The highest BCUT2D eigenvalue weighted by Gasteiger charge is 2.26. The first-order valence-corrected chi connectivity index (χ1v) is 12.7. The SMILES string of the molecule is CCC(=O)Nc1ccc(S(=O)(=O)NCc2ccc3c(c2)N(C(=O)c2ccc(Cl)cc2)CC3)cc1. The molecule has 0 aliphatic carbocycles. The summed E-state index contributed by atoms with van der Waals surface area (Å²) in [6.45, 7) is 2.38. The zero-order valence-electron chi connectivity index (χ0n) is 18.5. The summed E-state index contributed by atoms with van der Waals surface area (Å²) in [5.74, 6) is -0.266. The van der Waals surface area contributed by atoms with E-state index in [0.717, 1.165) is 23.2 Å². The highest BCUT2D eigenvalue weighted by Crippen LogP contribution is 2.31. The second-order valence-corrected chi connectivity index (χ2v) is 10.1. The van der Waals surface area contributed by atoms with Crippen LogP contribution in [0.5, 0.6) is 0 Å². The molecule has 1 heterocycles. The number of hydrogen-bond donors (Lipinski definition) is 2. The van der Waals surface area contributed by atoms with E-state index in [0.29, 0.717) is 29.2 Å². The molecule has 0 saturated carbocycles. The molecule has 0 atom stereocenters. The Hall–Kier alpha value is -3.20. The highest BCUT2D eigenvalue weighted by molar-refractivity contribution is 7.89. The Morgan fingerprint density at radius 3 is 2.38 bits per heavy atom. The van der Waals surface area contributed by atoms with E-state index >= 15 is 0 Å². The molecule has 2 amide bonds. The molecular weight excluding hydrogens is 474 g/mol. The van der Waals surface area contributed by atoms with Gasteiger partial charge in [-0.05, 0) is 72.1 Å². The van der Waals surface area contributed by atoms with E-state index in [2.05, 4.69) is 10.0 Å². The van der Waals surface area contributed by atoms with Gasteiger partial charge in [-0.1, -0.05) is 30.7 Å². The minimum atomic E-state index is -3.76. The van der Waals surface area contributed by atoms with Crippen molar-refractivity contribution >= 4 is 44.8 Å². The largest absolute Gasteiger partial charge is 0.326 e. The van der Waals surface area contributed by atoms with Gasteiger partial charge in [0, 0.05) is 41.5 Å². The fraction of sp³-hybridized carbons (Fsp3) is 0.200. The van der Waals surface area contributed by atoms with Crippen molar-refractivity contribution in [2.75, 3.05) is 16.8 Å². The van der Waals surface area contributed by atoms with Crippen molar-refractivity contribution in [2.45, 2.75) is 31.2 Å². The Labute approximate surface area is 203 Å². The predicted octanol–water partition coefficient (Wildman–Crippen LogP) is 4.37. The summed E-state index contributed by atoms with van der Waals surface area (Å²) < 4.78 is 28.1. The van der Waals surface area contributed by atoms with Gasteiger partial charge in [-0.15, -0.1) is 0 Å². The average Bonchev–Trinajstić information content (AvgIpc) is 3.26. The van der Waals surface area contributed by atoms with E-state index in [1.165, 1.54) is 12.1 Å². The zero-order valence-corrected chi connectivity index (χ0v) is 20.1. The van der Waals surface area contributed by atoms with E-state index < -0.39 is 10.0 Å². The summed E-state index contributed by atoms with van der Waals surface area (Å²) in [7, 11) is -3.76. The summed E-state index contributed by atoms with van der Waals surface area (Å²) >= 11 is 5.93. The number of benzene rings is 3. The molecule has 4 rings (SSSR count). The number of hydrogen-bond acceptors (Lipinski definition) is 4. The number of carbonyl (C=O) groups is 2. The van der Waals surface area contributed by atoms with E-state index in [1.807, 2.05) is 18.2 Å². The maximum absolute atomic E-state index is 13.0. The molecule has 2 N–H and O–H groups in total. The van der Waals surface area contributed by atoms with Gasteiger partial charge in [0.05, 0.1) is 4.90 Å². The molecule has 176 valence electrons. The average molecular weight is 498 g/mol. The van der Waals surface area contributed by atoms with Crippen molar-refractivity contribution in [3.8, 4) is 0 Å². The van der Waals surface area contributed by atoms with Crippen LogP contribution in [-0.2, 0) is 27.8 Å². The molecule has 34 heavy (non-hydrogen) atoms. The molecule has 0 saturated heterocycles. The van der Waals surface area contributed by atoms with Gasteiger partial charge in [0.25, 0.3) is 5.91 Å². The molecule has 0 spiro atoms. The molecular formula is C25H24ClN3O4S. The molecule has 0 unspecified atom stereocenters. The van der Waals surface area contributed by atoms with Crippen LogP contribution in [0.3, 0.4) is 0 Å². The Morgan fingerprint density at radius 2 is 1.71 bits per heavy atom. The minimum Gasteiger partial charge on any atom is -0.326 e. The van der Waals surface area contributed by atoms with E-state index in [1.54, 1.807) is 48.2 Å². The monoisotopic (exact) mass is 497 g/mol. The Bertz CT molecular complexity index is 1320. The van der Waals surface area contributed by atoms with Crippen LogP contribution >= 0.6 is 11.6 Å². The fourth-order valence-corrected chi connectivity index (χ4v) is 4.87. The number of fused-ring (bicyclic) bond motifs is 1. The van der Waals surface area contributed by atoms with Crippen LogP contribution in [0.15, 0.2) is 71.6 Å². The highest BCUT2D eigenvalue weighted by atomic mass is 35.5. The number of amides is 2. The normalized spacial score (nSPS) is 12.9. The maximum atomic E-state index is 13.0. The summed E-state index contributed by atoms with van der Waals surface area (Å²) in [4.78, 5) is 26.3. The smallest absolute Gasteiger partial charge is 0.258 e. The molecule has 7 nitrogen and oxygen atoms in total. The van der Waals surface area contributed by atoms with Crippen molar-refractivity contribution in [1.29, 1.82) is 0 Å². The van der Waals surface area contributed by atoms with Crippen LogP contribution < -0.4 is 14.9 Å². The molecule has 1 aliphatic rings. The van der Waals surface area contributed by atoms with Crippen LogP contribution in [0.2, 0.25) is 5.02 Å². The summed E-state index contributed by atoms with van der Waals surface area (Å²) in [5.41, 5.74) is 3.65. The zero-order chi connectivity index (χ0) is 24.3. The molecule has 0 radical (unpaired) electrons. The molecule has 0 fully saturated rings. The molecule has 1 aliphatic heterocycles. The van der Waals surface area contributed by atoms with Crippen molar-refractivity contribution in [1.82, 2.24) is 4.72 Å². The minimum absolute atomic E-state index is 0.0763. The number of nitrogens with one attached hydrogen (secondary N) is 2. The number of carbonyl (C=O) groups excluding carboxylic acids is 2. The standard InChI is InChI=1S/C25H24ClN3O4S/c1-2-24(30)28-21-9-11-22(12-10-21)34(32,33)27-16-17-3-4-18-13-14-29(23(18)15-17)25(31)19-5-7-20(26)8-6-19/h3-12,15,27H,2,13-14,16H2,1H3,(H,28,30). The lowest BCUT2D eigenvalue weighted by Gasteiger charge is -2.18. The first-order valence-electron chi connectivity index (χ1n) is 10.9. The number of halogens is 1. The first kappa shape index (κ1) is 23.9. The number of nitrogens with zero attached hydrogens (tertiary/aromatic N) is 1. The van der Waals surface area contributed by atoms with Gasteiger partial charge in [0.2, 0.25) is 15.9 Å². The number of anilines is 2. The maximum Gasteiger partial charge on any atom is 0.258 e. The van der Waals surface area contributed by atoms with Crippen molar-refractivity contribution in [2.24, 2.45) is 0 Å². The summed E-state index contributed by atoms with van der Waals surface area (Å²) in [5, 5.41) is 3.25. The third kappa shape index (κ3) is 5.30. The van der Waals surface area contributed by atoms with Gasteiger partial charge >= 0.3 is 0 Å². The number of rotatable bonds is 7. The van der Waals surface area contributed by atoms with Gasteiger partial charge < -0.3 is 10.2 Å². The van der Waals surface area contributed by atoms with Crippen molar-refractivity contribution in [3.63, 3.8) is 0 Å². The lowest BCUT2D eigenvalue weighted by atomic mass is 10.1. The van der Waals surface area contributed by atoms with Gasteiger partial charge in [-0.2, -0.15) is 0 Å². The topological polar surface area (TPSA) is 95.6 Å². The fourth-order valence-electron chi connectivity index (χ4n) is 3.72. The van der Waals surface area contributed by atoms with Gasteiger partial charge in [-0.25, -0.2) is 13.1 Å². The third-order valence-electron chi connectivity index (χ3n) is 5.62. The van der Waals surface area contributed by atoms with E-state index in [9.17, 15) is 18.0 Å². The van der Waals surface area contributed by atoms with Crippen LogP contribution in [0.1, 0.15) is 34.8 Å². The second-order valence-electron chi connectivity index (χ2n) is 7.93. The van der Waals surface area contributed by atoms with Gasteiger partial charge in [-0.3, -0.25) is 9.59 Å². The van der Waals surface area contributed by atoms with Crippen LogP contribution in [0, 0.1) is 0 Å². The third-order valence-corrected chi connectivity index (χ3v) is 7.29. The lowest BCUT2D eigenvalue weighted by Crippen LogP contribution is -2.29. The Morgan fingerprint density at radius 1 is 1.00 bits per heavy atom. The van der Waals surface area contributed by atoms with E-state index in [4.69, 9.17) is 11.6 Å². The predicted molar refractivity (Wildman–Crippen MR) is 133 cm³/mol. The molecule has 0 aromatic heterocycles. The summed E-state index contributed by atoms with van der Waals surface area (Å²) in [6.07, 6.45) is 1.08. The van der Waals surface area contributed by atoms with E-state index in [-0.39, 0.29) is 23.3 Å².